The number of pyridine rings is 1. The average molecular weight is 800 g/mol. The van der Waals surface area contributed by atoms with Gasteiger partial charge in [0.2, 0.25) is 17.7 Å². The number of esters is 1. The van der Waals surface area contributed by atoms with E-state index in [-0.39, 0.29) is 55.3 Å². The first-order valence-electron chi connectivity index (χ1n) is 19.9. The number of hydrogen-bond donors (Lipinski definition) is 1. The summed E-state index contributed by atoms with van der Waals surface area (Å²) in [6.45, 7) is 11.9. The number of carbonyl (C=O) groups is 4. The van der Waals surface area contributed by atoms with Crippen LogP contribution in [0.2, 0.25) is 0 Å². The van der Waals surface area contributed by atoms with Crippen molar-refractivity contribution in [3.8, 4) is 11.6 Å². The highest BCUT2D eigenvalue weighted by Crippen LogP contribution is 2.58. The Morgan fingerprint density at radius 3 is 2.41 bits per heavy atom. The lowest BCUT2D eigenvalue weighted by Gasteiger charge is -2.34. The summed E-state index contributed by atoms with van der Waals surface area (Å²) in [7, 11) is -2.87. The van der Waals surface area contributed by atoms with Gasteiger partial charge in [-0.05, 0) is 100 Å². The molecule has 0 unspecified atom stereocenters. The normalized spacial score (nSPS) is 25.4. The second-order valence-corrected chi connectivity index (χ2v) is 18.6. The Labute approximate surface area is 329 Å². The van der Waals surface area contributed by atoms with E-state index in [0.717, 1.165) is 10.8 Å². The smallest absolute Gasteiger partial charge is 0.362 e. The highest BCUT2D eigenvalue weighted by Gasteiger charge is 2.62. The third kappa shape index (κ3) is 9.31. The van der Waals surface area contributed by atoms with Gasteiger partial charge in [-0.2, -0.15) is 8.42 Å². The zero-order chi connectivity index (χ0) is 40.6. The third-order valence-corrected chi connectivity index (χ3v) is 13.0. The maximum Gasteiger partial charge on any atom is 0.362 e. The van der Waals surface area contributed by atoms with Gasteiger partial charge >= 0.3 is 16.3 Å². The highest BCUT2D eigenvalue weighted by molar-refractivity contribution is 7.85. The maximum atomic E-state index is 14.8. The molecule has 6 rings (SSSR count). The molecule has 1 aromatic heterocycles. The van der Waals surface area contributed by atoms with Crippen molar-refractivity contribution >= 4 is 44.6 Å². The SMILES string of the molecule is CC[C@@H]1C[C@]1(CC(=O)[C@@H]1C[C@@H](Oc2nccc3cc(OC)ccc23)CN1C(=O)[C@@H](CC(=O)OC(C)(C)C)C1CCOCC1)C(=O)NS(=O)(=O)OC1(C(C)C)CC1. The van der Waals surface area contributed by atoms with E-state index in [2.05, 4.69) is 9.71 Å². The number of nitrogens with one attached hydrogen (secondary N) is 1. The number of amides is 2. The number of ether oxygens (including phenoxy) is 4. The number of ketones is 1. The van der Waals surface area contributed by atoms with E-state index >= 15 is 0 Å². The van der Waals surface area contributed by atoms with Crippen LogP contribution in [0.15, 0.2) is 30.5 Å². The van der Waals surface area contributed by atoms with E-state index in [1.54, 1.807) is 40.1 Å². The molecule has 5 atom stereocenters. The summed E-state index contributed by atoms with van der Waals surface area (Å²) in [6, 6.07) is 6.32. The number of rotatable bonds is 16. The zero-order valence-electron chi connectivity index (χ0n) is 33.6. The minimum Gasteiger partial charge on any atom is -0.497 e. The topological polar surface area (TPSA) is 177 Å². The second kappa shape index (κ2) is 16.2. The molecule has 2 aromatic rings. The molecule has 1 N–H and O–H groups in total. The molecule has 14 nitrogen and oxygen atoms in total. The van der Waals surface area contributed by atoms with Crippen molar-refractivity contribution < 1.29 is 50.7 Å². The van der Waals surface area contributed by atoms with Gasteiger partial charge in [-0.1, -0.05) is 27.2 Å². The molecule has 2 aliphatic heterocycles. The first-order chi connectivity index (χ1) is 26.4. The monoisotopic (exact) mass is 799 g/mol. The van der Waals surface area contributed by atoms with Crippen LogP contribution in [0.1, 0.15) is 99.3 Å². The minimum absolute atomic E-state index is 0.0351. The van der Waals surface area contributed by atoms with Gasteiger partial charge in [-0.15, -0.1) is 0 Å². The molecular weight excluding hydrogens is 743 g/mol. The molecule has 4 fully saturated rings. The molecule has 1 aromatic carbocycles. The standard InChI is InChI=1S/C41H57N3O11S/c1-8-28-22-40(28,38(48)43-56(49,50)55-41(14-15-41)25(2)3)23-34(45)33-20-30(53-36-31-10-9-29(51-7)19-27(31)11-16-42-36)24-44(33)37(47)32(26-12-17-52-18-13-26)21-35(46)54-39(4,5)6/h9-11,16,19,25-26,28,30,32-33H,8,12-15,17-18,20-24H2,1-7H3,(H,43,48)/t28-,30-,32+,33+,40-/m1/s1. The van der Waals surface area contributed by atoms with Crippen LogP contribution in [-0.2, 0) is 43.1 Å². The Kier molecular flexibility index (Phi) is 12.1. The van der Waals surface area contributed by atoms with Crippen LogP contribution in [0.4, 0.5) is 0 Å². The van der Waals surface area contributed by atoms with E-state index in [1.807, 2.05) is 39.0 Å². The van der Waals surface area contributed by atoms with Crippen LogP contribution >= 0.6 is 0 Å². The third-order valence-electron chi connectivity index (χ3n) is 12.0. The number of aromatic nitrogens is 1. The Bertz CT molecular complexity index is 1920. The number of nitrogens with zero attached hydrogens (tertiary/aromatic N) is 2. The Morgan fingerprint density at radius 1 is 1.09 bits per heavy atom. The molecule has 4 aliphatic rings. The first kappa shape index (κ1) is 41.8. The fourth-order valence-electron chi connectivity index (χ4n) is 8.54. The van der Waals surface area contributed by atoms with E-state index in [9.17, 15) is 27.6 Å². The van der Waals surface area contributed by atoms with Crippen molar-refractivity contribution in [1.82, 2.24) is 14.6 Å². The van der Waals surface area contributed by atoms with Gasteiger partial charge < -0.3 is 23.8 Å². The lowest BCUT2D eigenvalue weighted by molar-refractivity contribution is -0.160. The fraction of sp³-hybridized carbons (Fsp3) is 0.683. The molecule has 2 saturated heterocycles. The molecule has 2 amide bonds. The van der Waals surface area contributed by atoms with Crippen molar-refractivity contribution in [1.29, 1.82) is 0 Å². The van der Waals surface area contributed by atoms with Crippen molar-refractivity contribution in [3.63, 3.8) is 0 Å². The van der Waals surface area contributed by atoms with Gasteiger partial charge in [0.1, 0.15) is 17.5 Å². The summed E-state index contributed by atoms with van der Waals surface area (Å²) in [6.07, 6.45) is 3.76. The molecule has 0 bridgehead atoms. The zero-order valence-corrected chi connectivity index (χ0v) is 34.4. The molecule has 2 aliphatic carbocycles. The summed E-state index contributed by atoms with van der Waals surface area (Å²) in [5.74, 6) is -2.33. The van der Waals surface area contributed by atoms with E-state index in [1.165, 1.54) is 4.90 Å². The number of methoxy groups -OCH3 is 1. The lowest BCUT2D eigenvalue weighted by atomic mass is 9.82. The number of benzene rings is 1. The van der Waals surface area contributed by atoms with Gasteiger partial charge in [-0.3, -0.25) is 19.2 Å². The number of hydrogen-bond acceptors (Lipinski definition) is 12. The van der Waals surface area contributed by atoms with Gasteiger partial charge in [0.05, 0.1) is 43.1 Å². The fourth-order valence-corrected chi connectivity index (χ4v) is 9.81. The molecule has 56 heavy (non-hydrogen) atoms. The van der Waals surface area contributed by atoms with Gasteiger partial charge in [0.25, 0.3) is 0 Å². The van der Waals surface area contributed by atoms with Crippen LogP contribution in [0.3, 0.4) is 0 Å². The van der Waals surface area contributed by atoms with Crippen LogP contribution in [0.25, 0.3) is 10.8 Å². The average Bonchev–Trinajstić information content (AvgIpc) is 4.03. The largest absolute Gasteiger partial charge is 0.497 e. The number of carbonyl (C=O) groups excluding carboxylic acids is 4. The number of Topliss-reactive ketones (excluding diaryl/α,β-unsaturated/α-hetero) is 1. The molecule has 3 heterocycles. The molecule has 0 spiro atoms. The summed E-state index contributed by atoms with van der Waals surface area (Å²) >= 11 is 0. The first-order valence-corrected chi connectivity index (χ1v) is 21.3. The predicted octanol–water partition coefficient (Wildman–Crippen LogP) is 5.31. The molecule has 2 saturated carbocycles. The van der Waals surface area contributed by atoms with Gasteiger partial charge in [-0.25, -0.2) is 13.9 Å². The quantitative estimate of drug-likeness (QED) is 0.217. The lowest BCUT2D eigenvalue weighted by Crippen LogP contribution is -2.48. The van der Waals surface area contributed by atoms with Crippen LogP contribution in [0, 0.1) is 29.1 Å². The maximum absolute atomic E-state index is 14.8. The number of likely N-dealkylation sites (tertiary alicyclic amines) is 1. The van der Waals surface area contributed by atoms with Crippen LogP contribution in [-0.4, -0.2) is 92.1 Å². The minimum atomic E-state index is -4.45. The molecule has 15 heteroatoms. The van der Waals surface area contributed by atoms with E-state index in [4.69, 9.17) is 23.1 Å². The van der Waals surface area contributed by atoms with Crippen molar-refractivity contribution in [3.05, 3.63) is 30.5 Å². The summed E-state index contributed by atoms with van der Waals surface area (Å²) in [5.41, 5.74) is -2.88. The summed E-state index contributed by atoms with van der Waals surface area (Å²) in [5, 5.41) is 1.55. The summed E-state index contributed by atoms with van der Waals surface area (Å²) < 4.78 is 57.0. The van der Waals surface area contributed by atoms with Crippen molar-refractivity contribution in [2.45, 2.75) is 123 Å². The molecule has 308 valence electrons. The van der Waals surface area contributed by atoms with Crippen molar-refractivity contribution in [2.75, 3.05) is 26.9 Å². The van der Waals surface area contributed by atoms with Crippen LogP contribution < -0.4 is 14.2 Å². The second-order valence-electron chi connectivity index (χ2n) is 17.3. The predicted molar refractivity (Wildman–Crippen MR) is 206 cm³/mol. The molecular formula is C41H57N3O11S. The van der Waals surface area contributed by atoms with E-state index in [0.29, 0.717) is 63.4 Å². The van der Waals surface area contributed by atoms with Crippen molar-refractivity contribution in [2.24, 2.45) is 29.1 Å². The highest BCUT2D eigenvalue weighted by atomic mass is 32.2. The van der Waals surface area contributed by atoms with E-state index < -0.39 is 56.9 Å². The Hall–Kier alpha value is -3.82. The Balaban J connectivity index is 1.28. The summed E-state index contributed by atoms with van der Waals surface area (Å²) in [4.78, 5) is 62.6. The Morgan fingerprint density at radius 2 is 1.80 bits per heavy atom. The molecule has 0 radical (unpaired) electrons. The van der Waals surface area contributed by atoms with Crippen LogP contribution in [0.5, 0.6) is 11.6 Å². The van der Waals surface area contributed by atoms with Gasteiger partial charge in [0.15, 0.2) is 5.78 Å². The van der Waals surface area contributed by atoms with Gasteiger partial charge in [0, 0.05) is 37.6 Å². The number of fused-ring (bicyclic) bond motifs is 1.